The minimum absolute atomic E-state index is 0.173. The molecule has 3 aromatic heterocycles. The second kappa shape index (κ2) is 6.84. The smallest absolute Gasteiger partial charge is 0.178 e. The average molecular weight is 340 g/mol. The number of aromatic nitrogens is 4. The van der Waals surface area contributed by atoms with Crippen molar-refractivity contribution in [3.8, 4) is 0 Å². The van der Waals surface area contributed by atoms with Crippen molar-refractivity contribution in [2.24, 2.45) is 0 Å². The summed E-state index contributed by atoms with van der Waals surface area (Å²) in [5, 5.41) is 16.7. The third-order valence-corrected chi connectivity index (χ3v) is 4.83. The molecule has 0 radical (unpaired) electrons. The highest BCUT2D eigenvalue weighted by Crippen LogP contribution is 2.38. The summed E-state index contributed by atoms with van der Waals surface area (Å²) in [5.74, 6) is 3.30. The Morgan fingerprint density at radius 3 is 2.76 bits per heavy atom. The second-order valence-corrected chi connectivity index (χ2v) is 6.45. The van der Waals surface area contributed by atoms with Gasteiger partial charge in [-0.05, 0) is 50.2 Å². The lowest BCUT2D eigenvalue weighted by atomic mass is 10.2. The van der Waals surface area contributed by atoms with Gasteiger partial charge in [0.05, 0.1) is 12.3 Å². The van der Waals surface area contributed by atoms with Gasteiger partial charge in [0.2, 0.25) is 0 Å². The predicted molar refractivity (Wildman–Crippen MR) is 95.6 cm³/mol. The van der Waals surface area contributed by atoms with E-state index < -0.39 is 0 Å². The van der Waals surface area contributed by atoms with Crippen molar-refractivity contribution in [2.75, 3.05) is 25.0 Å². The van der Waals surface area contributed by atoms with E-state index in [1.807, 2.05) is 28.8 Å². The molecule has 1 aliphatic rings. The number of hydrogen-bond donors (Lipinski definition) is 1. The van der Waals surface area contributed by atoms with Gasteiger partial charge in [-0.1, -0.05) is 13.8 Å². The summed E-state index contributed by atoms with van der Waals surface area (Å²) < 4.78 is 7.53. The van der Waals surface area contributed by atoms with Crippen molar-refractivity contribution in [1.29, 1.82) is 0 Å². The molecule has 1 aliphatic carbocycles. The average Bonchev–Trinajstić information content (AvgIpc) is 3.18. The molecule has 7 heteroatoms. The summed E-state index contributed by atoms with van der Waals surface area (Å²) in [6.07, 6.45) is 4.10. The lowest BCUT2D eigenvalue weighted by molar-refractivity contribution is 0.201. The fourth-order valence-corrected chi connectivity index (χ4v) is 3.25. The highest BCUT2D eigenvalue weighted by atomic mass is 16.3. The Morgan fingerprint density at radius 2 is 2.08 bits per heavy atom. The molecule has 1 N–H and O–H groups in total. The zero-order valence-electron chi connectivity index (χ0n) is 14.7. The Hall–Kier alpha value is -2.41. The number of likely N-dealkylation sites (N-methyl/N-ethyl adjacent to an activating group) is 1. The standard InChI is InChI=1S/C18H24N6O/c1-3-23(4-2)14(15-6-5-11-25-15)12-19-16-9-10-17-20-21-18(13-7-8-13)24(17)22-16/h5-6,9-11,13-14H,3-4,7-8,12H2,1-2H3,(H,19,22). The highest BCUT2D eigenvalue weighted by Gasteiger charge is 2.29. The molecule has 4 rings (SSSR count). The number of anilines is 1. The minimum atomic E-state index is 0.173. The molecular formula is C18H24N6O. The molecule has 0 spiro atoms. The molecule has 3 heterocycles. The molecule has 132 valence electrons. The van der Waals surface area contributed by atoms with E-state index >= 15 is 0 Å². The first-order chi connectivity index (χ1) is 12.3. The van der Waals surface area contributed by atoms with Crippen molar-refractivity contribution in [3.63, 3.8) is 0 Å². The van der Waals surface area contributed by atoms with Crippen LogP contribution in [-0.2, 0) is 0 Å². The molecule has 0 aliphatic heterocycles. The summed E-state index contributed by atoms with van der Waals surface area (Å²) in [4.78, 5) is 2.37. The largest absolute Gasteiger partial charge is 0.468 e. The van der Waals surface area contributed by atoms with Crippen LogP contribution in [0.4, 0.5) is 5.82 Å². The fraction of sp³-hybridized carbons (Fsp3) is 0.500. The molecule has 1 atom stereocenters. The Balaban J connectivity index is 1.54. The summed E-state index contributed by atoms with van der Waals surface area (Å²) in [6, 6.07) is 8.07. The number of furan rings is 1. The van der Waals surface area contributed by atoms with Gasteiger partial charge in [-0.3, -0.25) is 4.90 Å². The van der Waals surface area contributed by atoms with Crippen molar-refractivity contribution in [3.05, 3.63) is 42.1 Å². The minimum Gasteiger partial charge on any atom is -0.468 e. The molecule has 0 bridgehead atoms. The molecule has 0 aromatic carbocycles. The Bertz CT molecular complexity index is 819. The molecule has 3 aromatic rings. The van der Waals surface area contributed by atoms with Crippen LogP contribution in [0.5, 0.6) is 0 Å². The van der Waals surface area contributed by atoms with E-state index in [-0.39, 0.29) is 6.04 Å². The van der Waals surface area contributed by atoms with Gasteiger partial charge >= 0.3 is 0 Å². The molecule has 1 fully saturated rings. The van der Waals surface area contributed by atoms with Gasteiger partial charge in [-0.25, -0.2) is 0 Å². The van der Waals surface area contributed by atoms with Crippen LogP contribution >= 0.6 is 0 Å². The maximum Gasteiger partial charge on any atom is 0.178 e. The van der Waals surface area contributed by atoms with Crippen LogP contribution in [0.1, 0.15) is 50.2 Å². The van der Waals surface area contributed by atoms with Crippen LogP contribution in [0.3, 0.4) is 0 Å². The zero-order chi connectivity index (χ0) is 17.2. The Morgan fingerprint density at radius 1 is 1.24 bits per heavy atom. The SMILES string of the molecule is CCN(CC)C(CNc1ccc2nnc(C3CC3)n2n1)c1ccco1. The van der Waals surface area contributed by atoms with Gasteiger partial charge in [0.25, 0.3) is 0 Å². The third-order valence-electron chi connectivity index (χ3n) is 4.83. The molecule has 1 unspecified atom stereocenters. The van der Waals surface area contributed by atoms with Gasteiger partial charge in [-0.15, -0.1) is 15.3 Å². The number of rotatable bonds is 8. The maximum atomic E-state index is 5.66. The van der Waals surface area contributed by atoms with Crippen LogP contribution < -0.4 is 5.32 Å². The second-order valence-electron chi connectivity index (χ2n) is 6.45. The first-order valence-electron chi connectivity index (χ1n) is 9.03. The fourth-order valence-electron chi connectivity index (χ4n) is 3.25. The summed E-state index contributed by atoms with van der Waals surface area (Å²) in [7, 11) is 0. The van der Waals surface area contributed by atoms with Gasteiger partial charge in [0.1, 0.15) is 11.6 Å². The maximum absolute atomic E-state index is 5.66. The quantitative estimate of drug-likeness (QED) is 0.679. The van der Waals surface area contributed by atoms with Gasteiger partial charge in [0, 0.05) is 12.5 Å². The first-order valence-corrected chi connectivity index (χ1v) is 9.03. The van der Waals surface area contributed by atoms with E-state index in [1.54, 1.807) is 6.26 Å². The Kier molecular flexibility index (Phi) is 4.40. The summed E-state index contributed by atoms with van der Waals surface area (Å²) in [6.45, 7) is 7.00. The van der Waals surface area contributed by atoms with Gasteiger partial charge in [0.15, 0.2) is 11.5 Å². The van der Waals surface area contributed by atoms with E-state index in [0.717, 1.165) is 42.7 Å². The summed E-state index contributed by atoms with van der Waals surface area (Å²) >= 11 is 0. The number of hydrogen-bond acceptors (Lipinski definition) is 6. The lowest BCUT2D eigenvalue weighted by Gasteiger charge is -2.28. The van der Waals surface area contributed by atoms with Crippen LogP contribution in [0.15, 0.2) is 34.9 Å². The molecule has 25 heavy (non-hydrogen) atoms. The van der Waals surface area contributed by atoms with E-state index in [0.29, 0.717) is 5.92 Å². The predicted octanol–water partition coefficient (Wildman–Crippen LogP) is 3.09. The number of nitrogens with zero attached hydrogens (tertiary/aromatic N) is 5. The zero-order valence-corrected chi connectivity index (χ0v) is 14.7. The summed E-state index contributed by atoms with van der Waals surface area (Å²) in [5.41, 5.74) is 0.804. The Labute approximate surface area is 147 Å². The van der Waals surface area contributed by atoms with Crippen molar-refractivity contribution in [2.45, 2.75) is 38.6 Å². The molecule has 7 nitrogen and oxygen atoms in total. The first kappa shape index (κ1) is 16.1. The highest BCUT2D eigenvalue weighted by molar-refractivity contribution is 5.44. The van der Waals surface area contributed by atoms with Gasteiger partial charge in [-0.2, -0.15) is 4.52 Å². The van der Waals surface area contributed by atoms with Crippen molar-refractivity contribution < 1.29 is 4.42 Å². The van der Waals surface area contributed by atoms with E-state index in [2.05, 4.69) is 34.3 Å². The topological polar surface area (TPSA) is 71.5 Å². The molecular weight excluding hydrogens is 316 g/mol. The third kappa shape index (κ3) is 3.24. The van der Waals surface area contributed by atoms with E-state index in [9.17, 15) is 0 Å². The monoisotopic (exact) mass is 340 g/mol. The van der Waals surface area contributed by atoms with E-state index in [4.69, 9.17) is 9.52 Å². The number of fused-ring (bicyclic) bond motifs is 1. The van der Waals surface area contributed by atoms with Crippen LogP contribution in [0.25, 0.3) is 5.65 Å². The van der Waals surface area contributed by atoms with Crippen LogP contribution in [-0.4, -0.2) is 44.3 Å². The lowest BCUT2D eigenvalue weighted by Crippen LogP contribution is -2.33. The van der Waals surface area contributed by atoms with Gasteiger partial charge < -0.3 is 9.73 Å². The normalized spacial score (nSPS) is 15.8. The van der Waals surface area contributed by atoms with Crippen molar-refractivity contribution >= 4 is 11.5 Å². The molecule has 1 saturated carbocycles. The van der Waals surface area contributed by atoms with Crippen LogP contribution in [0, 0.1) is 0 Å². The van der Waals surface area contributed by atoms with E-state index in [1.165, 1.54) is 12.8 Å². The number of nitrogens with one attached hydrogen (secondary N) is 1. The molecule has 0 amide bonds. The van der Waals surface area contributed by atoms with Crippen molar-refractivity contribution in [1.82, 2.24) is 24.7 Å². The molecule has 0 saturated heterocycles. The van der Waals surface area contributed by atoms with Crippen LogP contribution in [0.2, 0.25) is 0 Å².